The first-order chi connectivity index (χ1) is 17.7. The Hall–Kier alpha value is -3.86. The van der Waals surface area contributed by atoms with E-state index in [1.54, 1.807) is 0 Å². The minimum atomic E-state index is -0.558. The lowest BCUT2D eigenvalue weighted by atomic mass is 9.86. The molecule has 3 aromatic rings. The van der Waals surface area contributed by atoms with Gasteiger partial charge in [-0.1, -0.05) is 32.9 Å². The predicted octanol–water partition coefficient (Wildman–Crippen LogP) is 4.25. The SMILES string of the molecule is COc1nc(NCCN2CCC2)nc(OC)c1NC(=O)c1coc(Oc2cc(C(C)(C)C)ccc2C)n1. The topological polar surface area (TPSA) is 124 Å². The molecule has 0 spiro atoms. The van der Waals surface area contributed by atoms with Crippen LogP contribution in [0.1, 0.15) is 48.8 Å². The Morgan fingerprint density at radius 2 is 1.81 bits per heavy atom. The molecule has 3 heterocycles. The van der Waals surface area contributed by atoms with Crippen LogP contribution in [0.4, 0.5) is 11.6 Å². The zero-order chi connectivity index (χ0) is 26.6. The number of nitrogens with zero attached hydrogens (tertiary/aromatic N) is 4. The average molecular weight is 511 g/mol. The first kappa shape index (κ1) is 26.2. The fraction of sp³-hybridized carbons (Fsp3) is 0.462. The minimum Gasteiger partial charge on any atom is -0.479 e. The Bertz CT molecular complexity index is 1220. The van der Waals surface area contributed by atoms with Crippen molar-refractivity contribution < 1.29 is 23.4 Å². The summed E-state index contributed by atoms with van der Waals surface area (Å²) in [6, 6.07) is 5.99. The van der Waals surface area contributed by atoms with Gasteiger partial charge >= 0.3 is 6.08 Å². The second-order valence-corrected chi connectivity index (χ2v) is 9.85. The van der Waals surface area contributed by atoms with Crippen molar-refractivity contribution in [1.29, 1.82) is 0 Å². The summed E-state index contributed by atoms with van der Waals surface area (Å²) in [5.74, 6) is 0.701. The van der Waals surface area contributed by atoms with Gasteiger partial charge in [-0.05, 0) is 49.0 Å². The molecule has 11 nitrogen and oxygen atoms in total. The largest absolute Gasteiger partial charge is 0.479 e. The number of anilines is 2. The van der Waals surface area contributed by atoms with Gasteiger partial charge in [0.15, 0.2) is 11.4 Å². The van der Waals surface area contributed by atoms with Crippen LogP contribution in [0.15, 0.2) is 28.9 Å². The molecule has 0 aliphatic carbocycles. The van der Waals surface area contributed by atoms with E-state index in [-0.39, 0.29) is 34.6 Å². The van der Waals surface area contributed by atoms with Crippen LogP contribution in [0, 0.1) is 6.92 Å². The molecule has 198 valence electrons. The molecular formula is C26H34N6O5. The van der Waals surface area contributed by atoms with Crippen LogP contribution in [0.2, 0.25) is 0 Å². The number of methoxy groups -OCH3 is 2. The third-order valence-corrected chi connectivity index (χ3v) is 6.09. The number of nitrogens with one attached hydrogen (secondary N) is 2. The number of amides is 1. The zero-order valence-electron chi connectivity index (χ0n) is 22.2. The Morgan fingerprint density at radius 1 is 1.11 bits per heavy atom. The summed E-state index contributed by atoms with van der Waals surface area (Å²) < 4.78 is 22.1. The molecule has 0 radical (unpaired) electrons. The summed E-state index contributed by atoms with van der Waals surface area (Å²) in [6.07, 6.45) is 2.41. The van der Waals surface area contributed by atoms with Crippen molar-refractivity contribution in [1.82, 2.24) is 19.9 Å². The molecule has 2 N–H and O–H groups in total. The van der Waals surface area contributed by atoms with Crippen LogP contribution < -0.4 is 24.8 Å². The van der Waals surface area contributed by atoms with Gasteiger partial charge in [-0.15, -0.1) is 0 Å². The lowest BCUT2D eigenvalue weighted by molar-refractivity contribution is 0.102. The normalized spacial score (nSPS) is 13.6. The van der Waals surface area contributed by atoms with E-state index in [4.69, 9.17) is 18.6 Å². The molecular weight excluding hydrogens is 476 g/mol. The smallest absolute Gasteiger partial charge is 0.399 e. The summed E-state index contributed by atoms with van der Waals surface area (Å²) in [6.45, 7) is 12.1. The van der Waals surface area contributed by atoms with Gasteiger partial charge in [-0.2, -0.15) is 15.0 Å². The first-order valence-corrected chi connectivity index (χ1v) is 12.2. The molecule has 0 bridgehead atoms. The van der Waals surface area contributed by atoms with Crippen molar-refractivity contribution in [3.8, 4) is 23.6 Å². The highest BCUT2D eigenvalue weighted by atomic mass is 16.6. The number of benzene rings is 1. The zero-order valence-corrected chi connectivity index (χ0v) is 22.2. The molecule has 1 saturated heterocycles. The van der Waals surface area contributed by atoms with Crippen molar-refractivity contribution >= 4 is 17.5 Å². The maximum atomic E-state index is 13.0. The van der Waals surface area contributed by atoms with Crippen molar-refractivity contribution in [2.24, 2.45) is 0 Å². The third kappa shape index (κ3) is 6.29. The Labute approximate surface area is 216 Å². The molecule has 37 heavy (non-hydrogen) atoms. The van der Waals surface area contributed by atoms with Gasteiger partial charge < -0.3 is 34.2 Å². The van der Waals surface area contributed by atoms with Gasteiger partial charge in [-0.25, -0.2) is 0 Å². The van der Waals surface area contributed by atoms with Gasteiger partial charge in [-0.3, -0.25) is 4.79 Å². The molecule has 1 aromatic carbocycles. The average Bonchev–Trinajstić information content (AvgIpc) is 3.30. The fourth-order valence-corrected chi connectivity index (χ4v) is 3.69. The number of aromatic nitrogens is 3. The minimum absolute atomic E-state index is 0.0143. The van der Waals surface area contributed by atoms with E-state index in [2.05, 4.69) is 57.3 Å². The summed E-state index contributed by atoms with van der Waals surface area (Å²) in [4.78, 5) is 28.2. The molecule has 0 saturated carbocycles. The van der Waals surface area contributed by atoms with Crippen LogP contribution in [-0.2, 0) is 5.41 Å². The molecule has 1 aliphatic heterocycles. The van der Waals surface area contributed by atoms with Crippen LogP contribution in [0.25, 0.3) is 0 Å². The van der Waals surface area contributed by atoms with Crippen LogP contribution in [0.3, 0.4) is 0 Å². The number of hydrogen-bond donors (Lipinski definition) is 2. The van der Waals surface area contributed by atoms with E-state index in [9.17, 15) is 4.79 Å². The Kier molecular flexibility index (Phi) is 7.82. The summed E-state index contributed by atoms with van der Waals surface area (Å²) in [5.41, 5.74) is 2.17. The van der Waals surface area contributed by atoms with Crippen LogP contribution in [-0.4, -0.2) is 66.2 Å². The summed E-state index contributed by atoms with van der Waals surface area (Å²) >= 11 is 0. The van der Waals surface area contributed by atoms with Crippen molar-refractivity contribution in [3.05, 3.63) is 41.3 Å². The number of hydrogen-bond acceptors (Lipinski definition) is 10. The highest BCUT2D eigenvalue weighted by molar-refractivity contribution is 6.04. The molecule has 1 amide bonds. The molecule has 2 aromatic heterocycles. The van der Waals surface area contributed by atoms with Gasteiger partial charge in [0.2, 0.25) is 17.7 Å². The number of likely N-dealkylation sites (tertiary alicyclic amines) is 1. The first-order valence-electron chi connectivity index (χ1n) is 12.2. The maximum Gasteiger partial charge on any atom is 0.399 e. The summed E-state index contributed by atoms with van der Waals surface area (Å²) in [7, 11) is 2.91. The maximum absolute atomic E-state index is 13.0. The Balaban J connectivity index is 1.46. The van der Waals surface area contributed by atoms with Crippen molar-refractivity contribution in [3.63, 3.8) is 0 Å². The van der Waals surface area contributed by atoms with Gasteiger partial charge in [0.05, 0.1) is 14.2 Å². The molecule has 0 atom stereocenters. The van der Waals surface area contributed by atoms with E-state index in [1.165, 1.54) is 26.9 Å². The van der Waals surface area contributed by atoms with Gasteiger partial charge in [0.25, 0.3) is 5.91 Å². The quantitative estimate of drug-likeness (QED) is 0.409. The van der Waals surface area contributed by atoms with Gasteiger partial charge in [0, 0.05) is 13.1 Å². The van der Waals surface area contributed by atoms with E-state index in [0.29, 0.717) is 18.2 Å². The molecule has 0 unspecified atom stereocenters. The van der Waals surface area contributed by atoms with E-state index < -0.39 is 5.91 Å². The third-order valence-electron chi connectivity index (χ3n) is 6.09. The molecule has 1 fully saturated rings. The van der Waals surface area contributed by atoms with Gasteiger partial charge in [0.1, 0.15) is 12.0 Å². The number of rotatable bonds is 10. The molecule has 11 heteroatoms. The molecule has 1 aliphatic rings. The van der Waals surface area contributed by atoms with Crippen molar-refractivity contribution in [2.45, 2.75) is 39.5 Å². The monoisotopic (exact) mass is 510 g/mol. The lowest BCUT2D eigenvalue weighted by Crippen LogP contribution is -2.40. The number of carbonyl (C=O) groups is 1. The van der Waals surface area contributed by atoms with Crippen LogP contribution in [0.5, 0.6) is 23.6 Å². The van der Waals surface area contributed by atoms with Crippen molar-refractivity contribution in [2.75, 3.05) is 51.0 Å². The second-order valence-electron chi connectivity index (χ2n) is 9.85. The number of ether oxygens (including phenoxy) is 3. The summed E-state index contributed by atoms with van der Waals surface area (Å²) in [5, 5.41) is 5.88. The highest BCUT2D eigenvalue weighted by Crippen LogP contribution is 2.34. The number of oxazole rings is 1. The van der Waals surface area contributed by atoms with E-state index in [0.717, 1.165) is 30.8 Å². The predicted molar refractivity (Wildman–Crippen MR) is 139 cm³/mol. The number of carbonyl (C=O) groups excluding carboxylic acids is 1. The lowest BCUT2D eigenvalue weighted by Gasteiger charge is -2.30. The van der Waals surface area contributed by atoms with E-state index in [1.807, 2.05) is 19.1 Å². The van der Waals surface area contributed by atoms with Crippen LogP contribution >= 0.6 is 0 Å². The number of aryl methyl sites for hydroxylation is 1. The fourth-order valence-electron chi connectivity index (χ4n) is 3.69. The molecule has 4 rings (SSSR count). The van der Waals surface area contributed by atoms with E-state index >= 15 is 0 Å². The standard InChI is InChI=1S/C26H34N6O5/c1-16-8-9-17(26(2,3)4)14-19(16)37-25-28-18(15-36-25)21(33)29-20-22(34-5)30-24(31-23(20)35-6)27-10-13-32-11-7-12-32/h8-9,14-15H,7,10-13H2,1-6H3,(H,29,33)(H,27,30,31). The highest BCUT2D eigenvalue weighted by Gasteiger charge is 2.23. The second kappa shape index (κ2) is 11.0. The Morgan fingerprint density at radius 3 is 2.41 bits per heavy atom.